The predicted octanol–water partition coefficient (Wildman–Crippen LogP) is 2.71. The summed E-state index contributed by atoms with van der Waals surface area (Å²) in [6.07, 6.45) is 1.25. The van der Waals surface area contributed by atoms with Crippen molar-refractivity contribution in [2.45, 2.75) is 17.7 Å². The molecule has 0 saturated heterocycles. The van der Waals surface area contributed by atoms with Gasteiger partial charge in [0, 0.05) is 23.0 Å². The molecule has 1 N–H and O–H groups in total. The third kappa shape index (κ3) is 4.93. The number of hydrogen-bond acceptors (Lipinski definition) is 3. The Morgan fingerprint density at radius 2 is 2.17 bits per heavy atom. The van der Waals surface area contributed by atoms with Crippen molar-refractivity contribution in [3.8, 4) is 0 Å². The average Bonchev–Trinajstić information content (AvgIpc) is 2.33. The molecule has 1 rings (SSSR count). The zero-order valence-corrected chi connectivity index (χ0v) is 11.2. The summed E-state index contributed by atoms with van der Waals surface area (Å²) >= 11 is 5.73. The van der Waals surface area contributed by atoms with E-state index in [0.717, 1.165) is 0 Å². The van der Waals surface area contributed by atoms with Gasteiger partial charge in [0.15, 0.2) is 0 Å². The monoisotopic (exact) mass is 288 g/mol. The lowest BCUT2D eigenvalue weighted by molar-refractivity contribution is 0.577. The highest BCUT2D eigenvalue weighted by Gasteiger charge is 2.12. The first-order valence-electron chi connectivity index (χ1n) is 5.32. The summed E-state index contributed by atoms with van der Waals surface area (Å²) in [5.41, 5.74) is 8.06. The molecule has 0 amide bonds. The summed E-state index contributed by atoms with van der Waals surface area (Å²) in [6, 6.07) is 6.07. The fourth-order valence-electron chi connectivity index (χ4n) is 1.28. The number of sulfonamides is 1. The smallest absolute Gasteiger partial charge is 0.211 e. The van der Waals surface area contributed by atoms with Gasteiger partial charge in [-0.25, -0.2) is 13.1 Å². The maximum atomic E-state index is 11.8. The van der Waals surface area contributed by atoms with Gasteiger partial charge in [0.25, 0.3) is 0 Å². The summed E-state index contributed by atoms with van der Waals surface area (Å²) < 4.78 is 26.1. The van der Waals surface area contributed by atoms with E-state index in [1.807, 2.05) is 0 Å². The van der Waals surface area contributed by atoms with Crippen LogP contribution in [-0.4, -0.2) is 21.5 Å². The molecule has 0 bridgehead atoms. The minimum atomic E-state index is -3.51. The van der Waals surface area contributed by atoms with Crippen molar-refractivity contribution in [2.75, 3.05) is 13.1 Å². The Morgan fingerprint density at radius 3 is 2.83 bits per heavy atom. The topological polar surface area (TPSA) is 94.9 Å². The number of halogens is 1. The molecule has 1 aromatic carbocycles. The van der Waals surface area contributed by atoms with E-state index in [1.165, 1.54) is 12.1 Å². The van der Waals surface area contributed by atoms with E-state index in [9.17, 15) is 8.42 Å². The molecule has 0 aromatic heterocycles. The van der Waals surface area contributed by atoms with Crippen LogP contribution in [0.15, 0.2) is 34.3 Å². The van der Waals surface area contributed by atoms with Gasteiger partial charge >= 0.3 is 0 Å². The van der Waals surface area contributed by atoms with Crippen LogP contribution in [0, 0.1) is 0 Å². The molecule has 0 spiro atoms. The highest BCUT2D eigenvalue weighted by Crippen LogP contribution is 2.15. The molecule has 0 radical (unpaired) electrons. The van der Waals surface area contributed by atoms with Crippen molar-refractivity contribution in [2.24, 2.45) is 5.11 Å². The molecule has 6 nitrogen and oxygen atoms in total. The highest BCUT2D eigenvalue weighted by molar-refractivity contribution is 7.89. The van der Waals surface area contributed by atoms with Gasteiger partial charge in [-0.1, -0.05) is 22.8 Å². The van der Waals surface area contributed by atoms with Crippen LogP contribution in [0.5, 0.6) is 0 Å². The Bertz CT molecular complexity index is 541. The molecule has 0 atom stereocenters. The van der Waals surface area contributed by atoms with Gasteiger partial charge < -0.3 is 0 Å². The lowest BCUT2D eigenvalue weighted by Crippen LogP contribution is -2.24. The lowest BCUT2D eigenvalue weighted by atomic mass is 10.3. The fraction of sp³-hybridized carbons (Fsp3) is 0.400. The quantitative estimate of drug-likeness (QED) is 0.361. The number of nitrogens with one attached hydrogen (secondary N) is 1. The second-order valence-corrected chi connectivity index (χ2v) is 5.72. The van der Waals surface area contributed by atoms with E-state index in [1.54, 1.807) is 12.1 Å². The lowest BCUT2D eigenvalue weighted by Gasteiger charge is -2.06. The SMILES string of the molecule is [N-]=[N+]=NCCCCNS(=O)(=O)c1cccc(Cl)c1. The third-order valence-electron chi connectivity index (χ3n) is 2.15. The molecule has 0 aliphatic heterocycles. The minimum absolute atomic E-state index is 0.144. The van der Waals surface area contributed by atoms with Crippen molar-refractivity contribution >= 4 is 21.6 Å². The summed E-state index contributed by atoms with van der Waals surface area (Å²) in [4.78, 5) is 2.75. The Hall–Kier alpha value is -1.27. The van der Waals surface area contributed by atoms with Crippen LogP contribution in [0.3, 0.4) is 0 Å². The zero-order chi connectivity index (χ0) is 13.4. The van der Waals surface area contributed by atoms with Crippen molar-refractivity contribution in [1.29, 1.82) is 0 Å². The normalized spacial score (nSPS) is 10.9. The minimum Gasteiger partial charge on any atom is -0.211 e. The van der Waals surface area contributed by atoms with Gasteiger partial charge in [-0.05, 0) is 36.6 Å². The standard InChI is InChI=1S/C10H13ClN4O2S/c11-9-4-3-5-10(8-9)18(16,17)14-7-2-1-6-13-15-12/h3-5,8,14H,1-2,6-7H2. The maximum Gasteiger partial charge on any atom is 0.240 e. The van der Waals surface area contributed by atoms with E-state index < -0.39 is 10.0 Å². The molecule has 0 unspecified atom stereocenters. The molecule has 8 heteroatoms. The number of azide groups is 1. The summed E-state index contributed by atoms with van der Waals surface area (Å²) in [5.74, 6) is 0. The first-order valence-corrected chi connectivity index (χ1v) is 7.18. The summed E-state index contributed by atoms with van der Waals surface area (Å²) in [7, 11) is -3.51. The molecular weight excluding hydrogens is 276 g/mol. The van der Waals surface area contributed by atoms with E-state index in [0.29, 0.717) is 31.0 Å². The van der Waals surface area contributed by atoms with Gasteiger partial charge in [0.05, 0.1) is 4.90 Å². The molecule has 0 aliphatic carbocycles. The van der Waals surface area contributed by atoms with Crippen LogP contribution >= 0.6 is 11.6 Å². The molecule has 0 saturated carbocycles. The van der Waals surface area contributed by atoms with Crippen LogP contribution in [0.25, 0.3) is 10.4 Å². The van der Waals surface area contributed by atoms with Crippen LogP contribution in [-0.2, 0) is 10.0 Å². The molecule has 0 heterocycles. The van der Waals surface area contributed by atoms with Gasteiger partial charge in [0.2, 0.25) is 10.0 Å². The van der Waals surface area contributed by atoms with Gasteiger partial charge in [-0.3, -0.25) is 0 Å². The number of hydrogen-bond donors (Lipinski definition) is 1. The van der Waals surface area contributed by atoms with E-state index in [-0.39, 0.29) is 4.90 Å². The van der Waals surface area contributed by atoms with Crippen molar-refractivity contribution in [1.82, 2.24) is 4.72 Å². The molecule has 0 aliphatic rings. The fourth-order valence-corrected chi connectivity index (χ4v) is 2.65. The maximum absolute atomic E-state index is 11.8. The zero-order valence-electron chi connectivity index (χ0n) is 9.58. The van der Waals surface area contributed by atoms with Gasteiger partial charge in [-0.2, -0.15) is 0 Å². The molecule has 0 fully saturated rings. The van der Waals surface area contributed by atoms with Gasteiger partial charge in [-0.15, -0.1) is 0 Å². The Kier molecular flexibility index (Phi) is 5.94. The first-order chi connectivity index (χ1) is 8.56. The molecule has 1 aromatic rings. The van der Waals surface area contributed by atoms with Crippen molar-refractivity contribution in [3.63, 3.8) is 0 Å². The third-order valence-corrected chi connectivity index (χ3v) is 3.84. The predicted molar refractivity (Wildman–Crippen MR) is 69.9 cm³/mol. The average molecular weight is 289 g/mol. The largest absolute Gasteiger partial charge is 0.240 e. The molecular formula is C10H13ClN4O2S. The summed E-state index contributed by atoms with van der Waals surface area (Å²) in [6.45, 7) is 0.672. The number of nitrogens with zero attached hydrogens (tertiary/aromatic N) is 3. The van der Waals surface area contributed by atoms with E-state index in [2.05, 4.69) is 14.7 Å². The van der Waals surface area contributed by atoms with E-state index >= 15 is 0 Å². The Balaban J connectivity index is 2.48. The number of benzene rings is 1. The molecule has 98 valence electrons. The Morgan fingerprint density at radius 1 is 1.39 bits per heavy atom. The van der Waals surface area contributed by atoms with Crippen LogP contribution in [0.4, 0.5) is 0 Å². The second kappa shape index (κ2) is 7.23. The van der Waals surface area contributed by atoms with Crippen LogP contribution in [0.1, 0.15) is 12.8 Å². The van der Waals surface area contributed by atoms with E-state index in [4.69, 9.17) is 17.1 Å². The first kappa shape index (κ1) is 14.8. The van der Waals surface area contributed by atoms with Crippen molar-refractivity contribution < 1.29 is 8.42 Å². The Labute approximate surface area is 111 Å². The second-order valence-electron chi connectivity index (χ2n) is 3.52. The summed E-state index contributed by atoms with van der Waals surface area (Å²) in [5, 5.41) is 3.74. The number of rotatable bonds is 7. The van der Waals surface area contributed by atoms with Crippen LogP contribution in [0.2, 0.25) is 5.02 Å². The molecule has 18 heavy (non-hydrogen) atoms. The number of unbranched alkanes of at least 4 members (excludes halogenated alkanes) is 1. The van der Waals surface area contributed by atoms with Gasteiger partial charge in [0.1, 0.15) is 0 Å². The van der Waals surface area contributed by atoms with Crippen molar-refractivity contribution in [3.05, 3.63) is 39.7 Å². The highest BCUT2D eigenvalue weighted by atomic mass is 35.5. The van der Waals surface area contributed by atoms with Crippen LogP contribution < -0.4 is 4.72 Å².